The minimum atomic E-state index is -1.03. The van der Waals surface area contributed by atoms with Crippen molar-refractivity contribution in [3.63, 3.8) is 0 Å². The lowest BCUT2D eigenvalue weighted by atomic mass is 10.1. The highest BCUT2D eigenvalue weighted by molar-refractivity contribution is 6.01. The second kappa shape index (κ2) is 9.55. The van der Waals surface area contributed by atoms with E-state index in [4.69, 9.17) is 5.11 Å². The van der Waals surface area contributed by atoms with E-state index in [0.717, 1.165) is 19.6 Å². The molecule has 0 aromatic carbocycles. The lowest BCUT2D eigenvalue weighted by Crippen LogP contribution is -2.41. The zero-order chi connectivity index (χ0) is 16.6. The normalized spacial score (nSPS) is 12.6. The Bertz CT molecular complexity index is 385. The van der Waals surface area contributed by atoms with E-state index in [1.165, 1.54) is 6.92 Å². The van der Waals surface area contributed by atoms with Crippen LogP contribution in [0.3, 0.4) is 0 Å². The van der Waals surface area contributed by atoms with Crippen LogP contribution in [0.1, 0.15) is 41.5 Å². The quantitative estimate of drug-likeness (QED) is 0.663. The van der Waals surface area contributed by atoms with Gasteiger partial charge in [0.2, 0.25) is 5.91 Å². The third kappa shape index (κ3) is 6.76. The third-order valence-corrected chi connectivity index (χ3v) is 3.66. The molecule has 0 heterocycles. The molecule has 122 valence electrons. The molecule has 21 heavy (non-hydrogen) atoms. The lowest BCUT2D eigenvalue weighted by Gasteiger charge is -2.28. The Balaban J connectivity index is 5.02. The summed E-state index contributed by atoms with van der Waals surface area (Å²) < 4.78 is 0. The van der Waals surface area contributed by atoms with E-state index < -0.39 is 5.97 Å². The maximum absolute atomic E-state index is 12.5. The number of carbonyl (C=O) groups is 2. The molecule has 0 atom stereocenters. The number of aliphatic carboxylic acids is 1. The van der Waals surface area contributed by atoms with Crippen molar-refractivity contribution in [3.05, 3.63) is 11.1 Å². The van der Waals surface area contributed by atoms with Gasteiger partial charge in [-0.15, -0.1) is 0 Å². The molecule has 0 aliphatic heterocycles. The molecule has 0 aromatic rings. The number of hydrogen-bond acceptors (Lipinski definition) is 3. The molecule has 0 bridgehead atoms. The SMILES string of the molecule is CCN(CC)CCN(CC(C)C)C(=O)C(C)=C(C)C(=O)O. The second-order valence-electron chi connectivity index (χ2n) is 5.73. The van der Waals surface area contributed by atoms with Crippen molar-refractivity contribution >= 4 is 11.9 Å². The molecule has 5 nitrogen and oxygen atoms in total. The predicted molar refractivity (Wildman–Crippen MR) is 85.2 cm³/mol. The summed E-state index contributed by atoms with van der Waals surface area (Å²) in [5, 5.41) is 9.02. The van der Waals surface area contributed by atoms with Crippen LogP contribution in [-0.2, 0) is 9.59 Å². The molecule has 0 aliphatic carbocycles. The van der Waals surface area contributed by atoms with E-state index in [-0.39, 0.29) is 11.5 Å². The van der Waals surface area contributed by atoms with E-state index >= 15 is 0 Å². The first-order valence-corrected chi connectivity index (χ1v) is 7.66. The van der Waals surface area contributed by atoms with E-state index in [0.29, 0.717) is 24.6 Å². The molecule has 0 saturated heterocycles. The first kappa shape index (κ1) is 19.6. The molecule has 1 amide bonds. The molecule has 0 fully saturated rings. The van der Waals surface area contributed by atoms with Gasteiger partial charge in [0.15, 0.2) is 0 Å². The zero-order valence-corrected chi connectivity index (χ0v) is 14.3. The minimum Gasteiger partial charge on any atom is -0.478 e. The third-order valence-electron chi connectivity index (χ3n) is 3.66. The topological polar surface area (TPSA) is 60.9 Å². The number of rotatable bonds is 9. The fourth-order valence-corrected chi connectivity index (χ4v) is 2.08. The maximum Gasteiger partial charge on any atom is 0.331 e. The van der Waals surface area contributed by atoms with Gasteiger partial charge in [0.25, 0.3) is 0 Å². The molecule has 0 rings (SSSR count). The Labute approximate surface area is 128 Å². The number of carbonyl (C=O) groups excluding carboxylic acids is 1. The number of nitrogens with zero attached hydrogens (tertiary/aromatic N) is 2. The summed E-state index contributed by atoms with van der Waals surface area (Å²) in [6.45, 7) is 15.4. The van der Waals surface area contributed by atoms with Gasteiger partial charge in [-0.2, -0.15) is 0 Å². The summed E-state index contributed by atoms with van der Waals surface area (Å²) in [7, 11) is 0. The smallest absolute Gasteiger partial charge is 0.331 e. The van der Waals surface area contributed by atoms with E-state index in [1.807, 2.05) is 0 Å². The van der Waals surface area contributed by atoms with Gasteiger partial charge >= 0.3 is 5.97 Å². The predicted octanol–water partition coefficient (Wildman–Crippen LogP) is 2.23. The monoisotopic (exact) mass is 298 g/mol. The Morgan fingerprint density at radius 3 is 1.90 bits per heavy atom. The van der Waals surface area contributed by atoms with Crippen LogP contribution in [0.2, 0.25) is 0 Å². The lowest BCUT2D eigenvalue weighted by molar-refractivity contribution is -0.134. The molecule has 0 saturated carbocycles. The van der Waals surface area contributed by atoms with Gasteiger partial charge < -0.3 is 14.9 Å². The van der Waals surface area contributed by atoms with E-state index in [1.54, 1.807) is 11.8 Å². The highest BCUT2D eigenvalue weighted by atomic mass is 16.4. The van der Waals surface area contributed by atoms with Crippen molar-refractivity contribution < 1.29 is 14.7 Å². The molecule has 0 unspecified atom stereocenters. The highest BCUT2D eigenvalue weighted by Gasteiger charge is 2.20. The molecule has 0 spiro atoms. The van der Waals surface area contributed by atoms with Crippen LogP contribution in [0.25, 0.3) is 0 Å². The Kier molecular flexibility index (Phi) is 8.93. The highest BCUT2D eigenvalue weighted by Crippen LogP contribution is 2.10. The van der Waals surface area contributed by atoms with Crippen LogP contribution in [0.15, 0.2) is 11.1 Å². The van der Waals surface area contributed by atoms with Gasteiger partial charge in [-0.3, -0.25) is 4.79 Å². The summed E-state index contributed by atoms with van der Waals surface area (Å²) in [6, 6.07) is 0. The Hall–Kier alpha value is -1.36. The van der Waals surface area contributed by atoms with Crippen molar-refractivity contribution in [3.8, 4) is 0 Å². The van der Waals surface area contributed by atoms with Crippen molar-refractivity contribution in [1.82, 2.24) is 9.80 Å². The van der Waals surface area contributed by atoms with Crippen LogP contribution in [0, 0.1) is 5.92 Å². The maximum atomic E-state index is 12.5. The van der Waals surface area contributed by atoms with Crippen molar-refractivity contribution in [1.29, 1.82) is 0 Å². The number of amides is 1. The standard InChI is InChI=1S/C16H30N2O3/c1-7-17(8-2)9-10-18(11-12(3)4)15(19)13(5)14(6)16(20)21/h12H,7-11H2,1-6H3,(H,20,21). The summed E-state index contributed by atoms with van der Waals surface area (Å²) in [5.41, 5.74) is 0.444. The van der Waals surface area contributed by atoms with Gasteiger partial charge in [0.1, 0.15) is 0 Å². The van der Waals surface area contributed by atoms with Crippen molar-refractivity contribution in [2.75, 3.05) is 32.7 Å². The number of carboxylic acids is 1. The number of hydrogen-bond donors (Lipinski definition) is 1. The van der Waals surface area contributed by atoms with Crippen molar-refractivity contribution in [2.45, 2.75) is 41.5 Å². The molecule has 0 aromatic heterocycles. The second-order valence-corrected chi connectivity index (χ2v) is 5.73. The fourth-order valence-electron chi connectivity index (χ4n) is 2.08. The minimum absolute atomic E-state index is 0.122. The largest absolute Gasteiger partial charge is 0.478 e. The first-order valence-electron chi connectivity index (χ1n) is 7.66. The van der Waals surface area contributed by atoms with Crippen LogP contribution >= 0.6 is 0 Å². The van der Waals surface area contributed by atoms with Gasteiger partial charge in [-0.25, -0.2) is 4.79 Å². The van der Waals surface area contributed by atoms with Crippen LogP contribution in [-0.4, -0.2) is 59.5 Å². The fraction of sp³-hybridized carbons (Fsp3) is 0.750. The van der Waals surface area contributed by atoms with Gasteiger partial charge in [0.05, 0.1) is 0 Å². The summed E-state index contributed by atoms with van der Waals surface area (Å²) >= 11 is 0. The average molecular weight is 298 g/mol. The molecule has 5 heteroatoms. The van der Waals surface area contributed by atoms with Gasteiger partial charge in [-0.1, -0.05) is 27.7 Å². The average Bonchev–Trinajstić information content (AvgIpc) is 2.44. The summed E-state index contributed by atoms with van der Waals surface area (Å²) in [5.74, 6) is -0.853. The number of carboxylic acid groups (broad SMARTS) is 1. The molecular weight excluding hydrogens is 268 g/mol. The van der Waals surface area contributed by atoms with Crippen LogP contribution < -0.4 is 0 Å². The molecule has 0 radical (unpaired) electrons. The first-order chi connectivity index (χ1) is 9.74. The molecule has 0 aliphatic rings. The van der Waals surface area contributed by atoms with Crippen molar-refractivity contribution in [2.24, 2.45) is 5.92 Å². The van der Waals surface area contributed by atoms with Gasteiger partial charge in [0, 0.05) is 30.8 Å². The molecule has 1 N–H and O–H groups in total. The Morgan fingerprint density at radius 1 is 1.00 bits per heavy atom. The van der Waals surface area contributed by atoms with Crippen LogP contribution in [0.4, 0.5) is 0 Å². The van der Waals surface area contributed by atoms with E-state index in [2.05, 4.69) is 32.6 Å². The zero-order valence-electron chi connectivity index (χ0n) is 14.3. The summed E-state index contributed by atoms with van der Waals surface area (Å²) in [6.07, 6.45) is 0. The molecular formula is C16H30N2O3. The van der Waals surface area contributed by atoms with Crippen LogP contribution in [0.5, 0.6) is 0 Å². The number of likely N-dealkylation sites (N-methyl/N-ethyl adjacent to an activating group) is 1. The van der Waals surface area contributed by atoms with E-state index in [9.17, 15) is 9.59 Å². The Morgan fingerprint density at radius 2 is 1.52 bits per heavy atom. The van der Waals surface area contributed by atoms with Gasteiger partial charge in [-0.05, 0) is 32.9 Å². The summed E-state index contributed by atoms with van der Waals surface area (Å²) in [4.78, 5) is 27.5.